The molecule has 1 unspecified atom stereocenters. The van der Waals surface area contributed by atoms with Crippen LogP contribution in [0.25, 0.3) is 16.7 Å². The molecule has 0 spiro atoms. The molecule has 0 amide bonds. The molecule has 0 saturated carbocycles. The number of morpholine rings is 1. The smallest absolute Gasteiger partial charge is 0.262 e. The molecule has 5 rings (SSSR count). The first-order valence-corrected chi connectivity index (χ1v) is 9.91. The first-order chi connectivity index (χ1) is 14.1. The summed E-state index contributed by atoms with van der Waals surface area (Å²) in [4.78, 5) is 14.9. The molecule has 0 N–H and O–H groups in total. The van der Waals surface area contributed by atoms with Gasteiger partial charge in [0, 0.05) is 25.2 Å². The predicted molar refractivity (Wildman–Crippen MR) is 111 cm³/mol. The van der Waals surface area contributed by atoms with E-state index in [1.54, 1.807) is 11.6 Å². The van der Waals surface area contributed by atoms with E-state index in [1.165, 1.54) is 0 Å². The van der Waals surface area contributed by atoms with Gasteiger partial charge in [-0.25, -0.2) is 0 Å². The fraction of sp³-hybridized carbons (Fsp3) is 0.286. The third kappa shape index (κ3) is 3.21. The number of fused-ring (bicyclic) bond motifs is 3. The van der Waals surface area contributed by atoms with E-state index in [-0.39, 0.29) is 11.7 Å². The summed E-state index contributed by atoms with van der Waals surface area (Å²) in [5.41, 5.74) is 1.87. The molecular weight excluding hydrogens is 390 g/mol. The van der Waals surface area contributed by atoms with E-state index in [4.69, 9.17) is 16.3 Å². The van der Waals surface area contributed by atoms with Gasteiger partial charge < -0.3 is 4.74 Å². The van der Waals surface area contributed by atoms with Crippen LogP contribution in [-0.4, -0.2) is 43.8 Å². The molecule has 3 heterocycles. The molecule has 2 aromatic heterocycles. The SMILES string of the molecule is Cn1c(=O)c2ccccc2n2c(CN3CCOC(c4ccc(Cl)cc4)C3)nnc12. The van der Waals surface area contributed by atoms with Crippen LogP contribution in [0, 0.1) is 0 Å². The molecule has 8 heteroatoms. The van der Waals surface area contributed by atoms with E-state index in [1.807, 2.05) is 52.9 Å². The van der Waals surface area contributed by atoms with Crippen LogP contribution >= 0.6 is 11.6 Å². The summed E-state index contributed by atoms with van der Waals surface area (Å²) in [6.07, 6.45) is -0.0127. The summed E-state index contributed by atoms with van der Waals surface area (Å²) >= 11 is 6.01. The number of ether oxygens (including phenoxy) is 1. The minimum Gasteiger partial charge on any atom is -0.371 e. The third-order valence-corrected chi connectivity index (χ3v) is 5.70. The first kappa shape index (κ1) is 18.3. The molecule has 4 aromatic rings. The Labute approximate surface area is 172 Å². The fourth-order valence-electron chi connectivity index (χ4n) is 3.92. The lowest BCUT2D eigenvalue weighted by Crippen LogP contribution is -2.38. The second kappa shape index (κ2) is 7.26. The summed E-state index contributed by atoms with van der Waals surface area (Å²) in [7, 11) is 1.73. The largest absolute Gasteiger partial charge is 0.371 e. The highest BCUT2D eigenvalue weighted by Gasteiger charge is 2.24. The van der Waals surface area contributed by atoms with Crippen molar-refractivity contribution in [3.8, 4) is 0 Å². The van der Waals surface area contributed by atoms with Crippen molar-refractivity contribution in [3.05, 3.63) is 75.3 Å². The van der Waals surface area contributed by atoms with Crippen LogP contribution in [0.2, 0.25) is 5.02 Å². The van der Waals surface area contributed by atoms with Crippen LogP contribution < -0.4 is 5.56 Å². The summed E-state index contributed by atoms with van der Waals surface area (Å²) in [6, 6.07) is 15.4. The van der Waals surface area contributed by atoms with Crippen molar-refractivity contribution >= 4 is 28.3 Å². The maximum atomic E-state index is 12.6. The molecule has 7 nitrogen and oxygen atoms in total. The van der Waals surface area contributed by atoms with Gasteiger partial charge in [0.15, 0.2) is 5.82 Å². The van der Waals surface area contributed by atoms with E-state index in [9.17, 15) is 4.79 Å². The number of aryl methyl sites for hydroxylation is 1. The maximum Gasteiger partial charge on any atom is 0.262 e. The van der Waals surface area contributed by atoms with Gasteiger partial charge in [-0.1, -0.05) is 35.9 Å². The van der Waals surface area contributed by atoms with E-state index in [2.05, 4.69) is 15.1 Å². The standard InChI is InChI=1S/C21H20ClN5O2/c1-25-20(28)16-4-2-3-5-17(16)27-19(23-24-21(25)27)13-26-10-11-29-18(12-26)14-6-8-15(22)9-7-14/h2-9,18H,10-13H2,1H3. The van der Waals surface area contributed by atoms with Crippen molar-refractivity contribution in [2.45, 2.75) is 12.6 Å². The van der Waals surface area contributed by atoms with E-state index in [0.717, 1.165) is 30.0 Å². The second-order valence-corrected chi connectivity index (χ2v) is 7.72. The van der Waals surface area contributed by atoms with Crippen LogP contribution in [0.15, 0.2) is 53.3 Å². The number of hydrogen-bond acceptors (Lipinski definition) is 5. The molecule has 2 aromatic carbocycles. The van der Waals surface area contributed by atoms with Gasteiger partial charge in [-0.15, -0.1) is 10.2 Å². The van der Waals surface area contributed by atoms with Gasteiger partial charge in [0.2, 0.25) is 5.78 Å². The Morgan fingerprint density at radius 3 is 2.76 bits per heavy atom. The molecular formula is C21H20ClN5O2. The maximum absolute atomic E-state index is 12.6. The van der Waals surface area contributed by atoms with Gasteiger partial charge in [0.05, 0.1) is 30.2 Å². The molecule has 1 atom stereocenters. The molecule has 0 aliphatic carbocycles. The average Bonchev–Trinajstić information content (AvgIpc) is 3.16. The second-order valence-electron chi connectivity index (χ2n) is 7.28. The van der Waals surface area contributed by atoms with Gasteiger partial charge in [-0.2, -0.15) is 0 Å². The van der Waals surface area contributed by atoms with E-state index in [0.29, 0.717) is 29.3 Å². The Hall–Kier alpha value is -2.74. The number of rotatable bonds is 3. The fourth-order valence-corrected chi connectivity index (χ4v) is 4.05. The van der Waals surface area contributed by atoms with Crippen LogP contribution in [0.5, 0.6) is 0 Å². The summed E-state index contributed by atoms with van der Waals surface area (Å²) in [5, 5.41) is 10.1. The Morgan fingerprint density at radius 1 is 1.14 bits per heavy atom. The molecule has 0 radical (unpaired) electrons. The van der Waals surface area contributed by atoms with Crippen molar-refractivity contribution in [1.29, 1.82) is 0 Å². The minimum absolute atomic E-state index is 0.0127. The molecule has 148 valence electrons. The lowest BCUT2D eigenvalue weighted by atomic mass is 10.1. The summed E-state index contributed by atoms with van der Waals surface area (Å²) in [5.74, 6) is 1.36. The molecule has 1 aliphatic heterocycles. The molecule has 29 heavy (non-hydrogen) atoms. The van der Waals surface area contributed by atoms with Gasteiger partial charge in [0.25, 0.3) is 5.56 Å². The number of para-hydroxylation sites is 1. The number of hydrogen-bond donors (Lipinski definition) is 0. The Morgan fingerprint density at radius 2 is 1.93 bits per heavy atom. The van der Waals surface area contributed by atoms with Crippen molar-refractivity contribution in [2.24, 2.45) is 7.05 Å². The normalized spacial score (nSPS) is 17.9. The van der Waals surface area contributed by atoms with E-state index < -0.39 is 0 Å². The first-order valence-electron chi connectivity index (χ1n) is 9.53. The molecule has 1 saturated heterocycles. The topological polar surface area (TPSA) is 64.7 Å². The summed E-state index contributed by atoms with van der Waals surface area (Å²) < 4.78 is 9.50. The lowest BCUT2D eigenvalue weighted by Gasteiger charge is -2.32. The van der Waals surface area contributed by atoms with Crippen molar-refractivity contribution in [2.75, 3.05) is 19.7 Å². The number of halogens is 1. The average molecular weight is 410 g/mol. The van der Waals surface area contributed by atoms with Crippen LogP contribution in [-0.2, 0) is 18.3 Å². The Kier molecular flexibility index (Phi) is 4.58. The van der Waals surface area contributed by atoms with E-state index >= 15 is 0 Å². The van der Waals surface area contributed by atoms with Gasteiger partial charge in [0.1, 0.15) is 0 Å². The molecule has 0 bridgehead atoms. The molecule has 1 fully saturated rings. The number of benzene rings is 2. The number of nitrogens with zero attached hydrogens (tertiary/aromatic N) is 5. The van der Waals surface area contributed by atoms with Gasteiger partial charge in [-0.05, 0) is 29.8 Å². The highest BCUT2D eigenvalue weighted by Crippen LogP contribution is 2.25. The monoisotopic (exact) mass is 409 g/mol. The zero-order valence-electron chi connectivity index (χ0n) is 16.0. The predicted octanol–water partition coefficient (Wildman–Crippen LogP) is 2.81. The highest BCUT2D eigenvalue weighted by atomic mass is 35.5. The zero-order valence-corrected chi connectivity index (χ0v) is 16.7. The molecule has 1 aliphatic rings. The highest BCUT2D eigenvalue weighted by molar-refractivity contribution is 6.30. The summed E-state index contributed by atoms with van der Waals surface area (Å²) in [6.45, 7) is 2.82. The Bertz CT molecular complexity index is 1250. The van der Waals surface area contributed by atoms with Crippen LogP contribution in [0.4, 0.5) is 0 Å². The van der Waals surface area contributed by atoms with Crippen molar-refractivity contribution < 1.29 is 4.74 Å². The Balaban J connectivity index is 1.49. The van der Waals surface area contributed by atoms with Gasteiger partial charge in [-0.3, -0.25) is 18.7 Å². The minimum atomic E-state index is -0.0683. The van der Waals surface area contributed by atoms with Crippen molar-refractivity contribution in [3.63, 3.8) is 0 Å². The zero-order chi connectivity index (χ0) is 20.0. The quantitative estimate of drug-likeness (QED) is 0.520. The van der Waals surface area contributed by atoms with Crippen LogP contribution in [0.3, 0.4) is 0 Å². The lowest BCUT2D eigenvalue weighted by molar-refractivity contribution is -0.0337. The van der Waals surface area contributed by atoms with Crippen LogP contribution in [0.1, 0.15) is 17.5 Å². The van der Waals surface area contributed by atoms with Gasteiger partial charge >= 0.3 is 0 Å². The number of aromatic nitrogens is 4. The third-order valence-electron chi connectivity index (χ3n) is 5.45. The van der Waals surface area contributed by atoms with Crippen molar-refractivity contribution in [1.82, 2.24) is 24.1 Å².